The number of carbonyl (C=O) groups excluding carboxylic acids is 2. The zero-order chi connectivity index (χ0) is 12.0. The highest BCUT2D eigenvalue weighted by Crippen LogP contribution is 2.03. The van der Waals surface area contributed by atoms with Gasteiger partial charge in [0.1, 0.15) is 5.82 Å². The van der Waals surface area contributed by atoms with Crippen LogP contribution in [-0.2, 0) is 14.3 Å². The molecule has 16 heavy (non-hydrogen) atoms. The zero-order valence-electron chi connectivity index (χ0n) is 8.62. The summed E-state index contributed by atoms with van der Waals surface area (Å²) in [4.78, 5) is 21.9. The maximum Gasteiger partial charge on any atom is 0.388 e. The average molecular weight is 220 g/mol. The lowest BCUT2D eigenvalue weighted by Gasteiger charge is -1.94. The maximum atomic E-state index is 13.1. The van der Waals surface area contributed by atoms with Crippen molar-refractivity contribution >= 4 is 11.8 Å². The smallest absolute Gasteiger partial charge is 0.388 e. The van der Waals surface area contributed by atoms with Gasteiger partial charge in [0.05, 0.1) is 12.2 Å². The summed E-state index contributed by atoms with van der Waals surface area (Å²) >= 11 is 0. The molecule has 0 radical (unpaired) electrons. The van der Waals surface area contributed by atoms with Gasteiger partial charge in [-0.15, -0.1) is 0 Å². The fraction of sp³-hybridized carbons (Fsp3) is 0.167. The summed E-state index contributed by atoms with van der Waals surface area (Å²) in [5, 5.41) is 0. The van der Waals surface area contributed by atoms with E-state index in [0.717, 1.165) is 0 Å². The summed E-state index contributed by atoms with van der Waals surface area (Å²) in [6.45, 7) is 1.68. The molecule has 0 spiro atoms. The normalized spacial score (nSPS) is 8.88. The minimum Gasteiger partial charge on any atom is -0.459 e. The van der Waals surface area contributed by atoms with E-state index in [1.54, 1.807) is 13.0 Å². The van der Waals surface area contributed by atoms with Gasteiger partial charge in [-0.1, -0.05) is 18.1 Å². The lowest BCUT2D eigenvalue weighted by atomic mass is 10.2. The summed E-state index contributed by atoms with van der Waals surface area (Å²) < 4.78 is 17.5. The number of halogens is 1. The first-order chi connectivity index (χ1) is 7.65. The quantitative estimate of drug-likeness (QED) is 0.429. The van der Waals surface area contributed by atoms with Crippen LogP contribution in [0.3, 0.4) is 0 Å². The SMILES string of the molecule is CCOC(=O)C(=O)C#Cc1ccccc1F. The van der Waals surface area contributed by atoms with Crippen LogP contribution in [0.4, 0.5) is 4.39 Å². The van der Waals surface area contributed by atoms with E-state index in [2.05, 4.69) is 10.7 Å². The van der Waals surface area contributed by atoms with Crippen molar-refractivity contribution in [3.05, 3.63) is 35.6 Å². The van der Waals surface area contributed by atoms with E-state index in [9.17, 15) is 14.0 Å². The Morgan fingerprint density at radius 3 is 2.69 bits per heavy atom. The molecule has 4 heteroatoms. The third-order valence-corrected chi connectivity index (χ3v) is 1.65. The fourth-order valence-electron chi connectivity index (χ4n) is 0.934. The van der Waals surface area contributed by atoms with Crippen LogP contribution in [0.5, 0.6) is 0 Å². The van der Waals surface area contributed by atoms with Crippen molar-refractivity contribution in [2.75, 3.05) is 6.61 Å². The molecule has 0 amide bonds. The molecule has 0 unspecified atom stereocenters. The number of rotatable bonds is 2. The Kier molecular flexibility index (Phi) is 4.22. The van der Waals surface area contributed by atoms with E-state index in [0.29, 0.717) is 0 Å². The number of hydrogen-bond donors (Lipinski definition) is 0. The lowest BCUT2D eigenvalue weighted by Crippen LogP contribution is -2.15. The first kappa shape index (κ1) is 11.9. The Balaban J connectivity index is 2.79. The van der Waals surface area contributed by atoms with Gasteiger partial charge in [-0.25, -0.2) is 9.18 Å². The summed E-state index contributed by atoms with van der Waals surface area (Å²) in [7, 11) is 0. The predicted octanol–water partition coefficient (Wildman–Crippen LogP) is 1.31. The summed E-state index contributed by atoms with van der Waals surface area (Å²) in [5.74, 6) is 1.76. The molecular weight excluding hydrogens is 211 g/mol. The Morgan fingerprint density at radius 2 is 2.06 bits per heavy atom. The number of esters is 1. The number of benzene rings is 1. The van der Waals surface area contributed by atoms with Crippen LogP contribution in [0.15, 0.2) is 24.3 Å². The van der Waals surface area contributed by atoms with Crippen molar-refractivity contribution in [3.8, 4) is 11.8 Å². The van der Waals surface area contributed by atoms with Gasteiger partial charge in [0.2, 0.25) is 0 Å². The van der Waals surface area contributed by atoms with Crippen LogP contribution >= 0.6 is 0 Å². The number of carbonyl (C=O) groups is 2. The van der Waals surface area contributed by atoms with Crippen LogP contribution in [0.25, 0.3) is 0 Å². The second kappa shape index (κ2) is 5.66. The van der Waals surface area contributed by atoms with Crippen LogP contribution in [-0.4, -0.2) is 18.4 Å². The molecule has 0 aliphatic carbocycles. The van der Waals surface area contributed by atoms with E-state index >= 15 is 0 Å². The lowest BCUT2D eigenvalue weighted by molar-refractivity contribution is -0.150. The molecule has 82 valence electrons. The van der Waals surface area contributed by atoms with Crippen molar-refractivity contribution in [1.82, 2.24) is 0 Å². The molecule has 0 N–H and O–H groups in total. The van der Waals surface area contributed by atoms with E-state index in [4.69, 9.17) is 0 Å². The molecule has 0 saturated heterocycles. The molecule has 0 bridgehead atoms. The number of ether oxygens (including phenoxy) is 1. The molecule has 0 fully saturated rings. The summed E-state index contributed by atoms with van der Waals surface area (Å²) in [6, 6.07) is 5.73. The van der Waals surface area contributed by atoms with Gasteiger partial charge in [-0.2, -0.15) is 0 Å². The molecule has 1 aromatic rings. The highest BCUT2D eigenvalue weighted by molar-refractivity contribution is 6.40. The number of ketones is 1. The highest BCUT2D eigenvalue weighted by Gasteiger charge is 2.10. The standard InChI is InChI=1S/C12H9FO3/c1-2-16-12(15)11(14)8-7-9-5-3-4-6-10(9)13/h3-6H,2H2,1H3. The predicted molar refractivity (Wildman–Crippen MR) is 54.9 cm³/mol. The van der Waals surface area contributed by atoms with Crippen molar-refractivity contribution < 1.29 is 18.7 Å². The molecule has 0 aliphatic heterocycles. The van der Waals surface area contributed by atoms with Crippen molar-refractivity contribution in [2.45, 2.75) is 6.92 Å². The Hall–Kier alpha value is -2.15. The fourth-order valence-corrected chi connectivity index (χ4v) is 0.934. The molecule has 0 heterocycles. The molecule has 1 rings (SSSR count). The van der Waals surface area contributed by atoms with E-state index in [1.165, 1.54) is 18.2 Å². The van der Waals surface area contributed by atoms with Gasteiger partial charge in [0, 0.05) is 0 Å². The molecule has 0 aromatic heterocycles. The number of hydrogen-bond acceptors (Lipinski definition) is 3. The minimum absolute atomic E-state index is 0.0696. The number of Topliss-reactive ketones (excluding diaryl/α,β-unsaturated/α-hetero) is 1. The van der Waals surface area contributed by atoms with Gasteiger partial charge in [0.15, 0.2) is 0 Å². The third-order valence-electron chi connectivity index (χ3n) is 1.65. The second-order valence-corrected chi connectivity index (χ2v) is 2.78. The van der Waals surface area contributed by atoms with Gasteiger partial charge in [-0.3, -0.25) is 4.79 Å². The first-order valence-electron chi connectivity index (χ1n) is 4.62. The van der Waals surface area contributed by atoms with E-state index in [1.807, 2.05) is 5.92 Å². The molecule has 0 saturated carbocycles. The monoisotopic (exact) mass is 220 g/mol. The summed E-state index contributed by atoms with van der Waals surface area (Å²) in [5.41, 5.74) is 0.0696. The van der Waals surface area contributed by atoms with Crippen molar-refractivity contribution in [2.24, 2.45) is 0 Å². The van der Waals surface area contributed by atoms with Gasteiger partial charge >= 0.3 is 11.8 Å². The molecule has 0 aliphatic rings. The highest BCUT2D eigenvalue weighted by atomic mass is 19.1. The summed E-state index contributed by atoms with van der Waals surface area (Å²) in [6.07, 6.45) is 0. The zero-order valence-corrected chi connectivity index (χ0v) is 8.62. The maximum absolute atomic E-state index is 13.1. The van der Waals surface area contributed by atoms with Crippen LogP contribution in [0, 0.1) is 17.7 Å². The third kappa shape index (κ3) is 3.21. The van der Waals surface area contributed by atoms with Crippen molar-refractivity contribution in [3.63, 3.8) is 0 Å². The molecule has 1 aromatic carbocycles. The van der Waals surface area contributed by atoms with Gasteiger partial charge in [0.25, 0.3) is 0 Å². The Bertz CT molecular complexity index is 469. The topological polar surface area (TPSA) is 43.4 Å². The largest absolute Gasteiger partial charge is 0.459 e. The van der Waals surface area contributed by atoms with Crippen LogP contribution < -0.4 is 0 Å². The van der Waals surface area contributed by atoms with Gasteiger partial charge < -0.3 is 4.74 Å². The first-order valence-corrected chi connectivity index (χ1v) is 4.62. The second-order valence-electron chi connectivity index (χ2n) is 2.78. The van der Waals surface area contributed by atoms with Crippen LogP contribution in [0.2, 0.25) is 0 Å². The Labute approximate surface area is 92.2 Å². The van der Waals surface area contributed by atoms with Crippen LogP contribution in [0.1, 0.15) is 12.5 Å². The average Bonchev–Trinajstić information content (AvgIpc) is 2.28. The minimum atomic E-state index is -1.02. The Morgan fingerprint density at radius 1 is 1.38 bits per heavy atom. The van der Waals surface area contributed by atoms with E-state index < -0.39 is 17.6 Å². The molecular formula is C12H9FO3. The molecule has 0 atom stereocenters. The van der Waals surface area contributed by atoms with E-state index in [-0.39, 0.29) is 12.2 Å². The molecule has 3 nitrogen and oxygen atoms in total. The van der Waals surface area contributed by atoms with Gasteiger partial charge in [-0.05, 0) is 25.0 Å². The van der Waals surface area contributed by atoms with Crippen molar-refractivity contribution in [1.29, 1.82) is 0 Å².